The predicted molar refractivity (Wildman–Crippen MR) is 56.9 cm³/mol. The minimum Gasteiger partial charge on any atom is -0.344 e. The molecule has 0 aliphatic rings. The van der Waals surface area contributed by atoms with Crippen LogP contribution in [0.5, 0.6) is 0 Å². The van der Waals surface area contributed by atoms with Gasteiger partial charge in [-0.2, -0.15) is 0 Å². The molecule has 1 heterocycles. The molecule has 13 heavy (non-hydrogen) atoms. The van der Waals surface area contributed by atoms with Gasteiger partial charge in [0.15, 0.2) is 0 Å². The Kier molecular flexibility index (Phi) is 2.81. The summed E-state index contributed by atoms with van der Waals surface area (Å²) in [7, 11) is 0. The number of rotatable bonds is 3. The van der Waals surface area contributed by atoms with Crippen molar-refractivity contribution >= 4 is 0 Å². The van der Waals surface area contributed by atoms with Crippen LogP contribution in [0, 0.1) is 13.8 Å². The molecule has 2 N–H and O–H groups in total. The molecule has 0 unspecified atom stereocenters. The second-order valence-electron chi connectivity index (χ2n) is 4.30. The summed E-state index contributed by atoms with van der Waals surface area (Å²) in [5, 5.41) is 0. The van der Waals surface area contributed by atoms with E-state index in [2.05, 4.69) is 44.4 Å². The SMILES string of the molecule is Cc1ccc(C)n1C(C)(C)CCN. The number of hydrogen-bond donors (Lipinski definition) is 1. The van der Waals surface area contributed by atoms with Gasteiger partial charge in [0.1, 0.15) is 0 Å². The van der Waals surface area contributed by atoms with Gasteiger partial charge in [-0.1, -0.05) is 0 Å². The van der Waals surface area contributed by atoms with Crippen molar-refractivity contribution in [3.8, 4) is 0 Å². The van der Waals surface area contributed by atoms with Crippen LogP contribution in [0.3, 0.4) is 0 Å². The highest BCUT2D eigenvalue weighted by atomic mass is 15.1. The molecule has 2 nitrogen and oxygen atoms in total. The van der Waals surface area contributed by atoms with E-state index in [1.54, 1.807) is 0 Å². The van der Waals surface area contributed by atoms with Crippen molar-refractivity contribution < 1.29 is 0 Å². The van der Waals surface area contributed by atoms with Gasteiger partial charge in [0.25, 0.3) is 0 Å². The van der Waals surface area contributed by atoms with Gasteiger partial charge in [0.2, 0.25) is 0 Å². The van der Waals surface area contributed by atoms with Crippen LogP contribution in [-0.4, -0.2) is 11.1 Å². The fourth-order valence-electron chi connectivity index (χ4n) is 2.09. The Morgan fingerprint density at radius 1 is 1.23 bits per heavy atom. The van der Waals surface area contributed by atoms with E-state index in [1.807, 2.05) is 0 Å². The molecule has 2 heteroatoms. The van der Waals surface area contributed by atoms with E-state index < -0.39 is 0 Å². The molecule has 0 aliphatic carbocycles. The molecule has 0 radical (unpaired) electrons. The molecule has 74 valence electrons. The van der Waals surface area contributed by atoms with E-state index in [4.69, 9.17) is 5.73 Å². The molecule has 0 aliphatic heterocycles. The topological polar surface area (TPSA) is 30.9 Å². The number of aryl methyl sites for hydroxylation is 2. The Morgan fingerprint density at radius 3 is 2.08 bits per heavy atom. The zero-order chi connectivity index (χ0) is 10.1. The van der Waals surface area contributed by atoms with Crippen LogP contribution >= 0.6 is 0 Å². The van der Waals surface area contributed by atoms with Crippen molar-refractivity contribution in [2.24, 2.45) is 5.73 Å². The van der Waals surface area contributed by atoms with E-state index in [9.17, 15) is 0 Å². The summed E-state index contributed by atoms with van der Waals surface area (Å²) in [5.41, 5.74) is 8.38. The molecule has 0 aromatic carbocycles. The lowest BCUT2D eigenvalue weighted by atomic mass is 10.00. The highest BCUT2D eigenvalue weighted by Crippen LogP contribution is 2.24. The fourth-order valence-corrected chi connectivity index (χ4v) is 2.09. The van der Waals surface area contributed by atoms with Crippen molar-refractivity contribution in [2.45, 2.75) is 39.7 Å². The standard InChI is InChI=1S/C11H20N2/c1-9-5-6-10(2)13(9)11(3,4)7-8-12/h5-6H,7-8,12H2,1-4H3. The summed E-state index contributed by atoms with van der Waals surface area (Å²) in [5.74, 6) is 0. The first-order chi connectivity index (χ1) is 5.99. The minimum atomic E-state index is 0.145. The Labute approximate surface area is 80.7 Å². The van der Waals surface area contributed by atoms with Crippen LogP contribution in [0.15, 0.2) is 12.1 Å². The molecule has 1 aromatic heterocycles. The molecule has 0 fully saturated rings. The molecular formula is C11H20N2. The van der Waals surface area contributed by atoms with Crippen molar-refractivity contribution in [1.29, 1.82) is 0 Å². The zero-order valence-electron chi connectivity index (χ0n) is 9.09. The average molecular weight is 180 g/mol. The largest absolute Gasteiger partial charge is 0.344 e. The highest BCUT2D eigenvalue weighted by molar-refractivity contribution is 5.16. The summed E-state index contributed by atoms with van der Waals surface area (Å²) >= 11 is 0. The van der Waals surface area contributed by atoms with Crippen LogP contribution in [0.4, 0.5) is 0 Å². The first-order valence-electron chi connectivity index (χ1n) is 4.84. The maximum Gasteiger partial charge on any atom is 0.0400 e. The summed E-state index contributed by atoms with van der Waals surface area (Å²) in [6.45, 7) is 9.50. The Balaban J connectivity index is 3.05. The van der Waals surface area contributed by atoms with E-state index in [-0.39, 0.29) is 5.54 Å². The van der Waals surface area contributed by atoms with Crippen LogP contribution in [0.1, 0.15) is 31.7 Å². The Morgan fingerprint density at radius 2 is 1.69 bits per heavy atom. The Hall–Kier alpha value is -0.760. The second kappa shape index (κ2) is 3.54. The summed E-state index contributed by atoms with van der Waals surface area (Å²) < 4.78 is 2.36. The van der Waals surface area contributed by atoms with Gasteiger partial charge >= 0.3 is 0 Å². The van der Waals surface area contributed by atoms with Crippen LogP contribution < -0.4 is 5.73 Å². The van der Waals surface area contributed by atoms with Crippen molar-refractivity contribution in [3.63, 3.8) is 0 Å². The quantitative estimate of drug-likeness (QED) is 0.759. The number of nitrogens with zero attached hydrogens (tertiary/aromatic N) is 1. The number of nitrogens with two attached hydrogens (primary N) is 1. The molecule has 0 spiro atoms. The van der Waals surface area contributed by atoms with Gasteiger partial charge in [-0.25, -0.2) is 0 Å². The maximum absolute atomic E-state index is 5.61. The molecule has 1 rings (SSSR count). The molecule has 0 atom stereocenters. The van der Waals surface area contributed by atoms with Gasteiger partial charge in [-0.3, -0.25) is 0 Å². The van der Waals surface area contributed by atoms with Crippen molar-refractivity contribution in [2.75, 3.05) is 6.54 Å². The first kappa shape index (κ1) is 10.3. The summed E-state index contributed by atoms with van der Waals surface area (Å²) in [6.07, 6.45) is 1.02. The molecule has 0 bridgehead atoms. The molecule has 0 saturated carbocycles. The van der Waals surface area contributed by atoms with Crippen LogP contribution in [-0.2, 0) is 5.54 Å². The number of hydrogen-bond acceptors (Lipinski definition) is 1. The summed E-state index contributed by atoms with van der Waals surface area (Å²) in [4.78, 5) is 0. The molecule has 1 aromatic rings. The third-order valence-electron chi connectivity index (χ3n) is 2.63. The minimum absolute atomic E-state index is 0.145. The van der Waals surface area contributed by atoms with Gasteiger partial charge in [-0.05, 0) is 52.8 Å². The fraction of sp³-hybridized carbons (Fsp3) is 0.636. The second-order valence-corrected chi connectivity index (χ2v) is 4.30. The lowest BCUT2D eigenvalue weighted by Crippen LogP contribution is -2.30. The molecule has 0 saturated heterocycles. The average Bonchev–Trinajstić information content (AvgIpc) is 2.31. The van der Waals surface area contributed by atoms with E-state index in [1.165, 1.54) is 11.4 Å². The van der Waals surface area contributed by atoms with Crippen LogP contribution in [0.25, 0.3) is 0 Å². The predicted octanol–water partition coefficient (Wildman–Crippen LogP) is 2.19. The van der Waals surface area contributed by atoms with Gasteiger partial charge in [-0.15, -0.1) is 0 Å². The van der Waals surface area contributed by atoms with Crippen LogP contribution in [0.2, 0.25) is 0 Å². The maximum atomic E-state index is 5.61. The van der Waals surface area contributed by atoms with E-state index >= 15 is 0 Å². The van der Waals surface area contributed by atoms with Gasteiger partial charge < -0.3 is 10.3 Å². The Bertz CT molecular complexity index is 265. The van der Waals surface area contributed by atoms with Crippen molar-refractivity contribution in [3.05, 3.63) is 23.5 Å². The molecule has 0 amide bonds. The van der Waals surface area contributed by atoms with Gasteiger partial charge in [0, 0.05) is 16.9 Å². The third-order valence-corrected chi connectivity index (χ3v) is 2.63. The number of aromatic nitrogens is 1. The monoisotopic (exact) mass is 180 g/mol. The highest BCUT2D eigenvalue weighted by Gasteiger charge is 2.21. The normalized spacial score (nSPS) is 12.1. The third kappa shape index (κ3) is 1.94. The summed E-state index contributed by atoms with van der Waals surface area (Å²) in [6, 6.07) is 4.32. The lowest BCUT2D eigenvalue weighted by molar-refractivity contribution is 0.322. The first-order valence-corrected chi connectivity index (χ1v) is 4.84. The zero-order valence-corrected chi connectivity index (χ0v) is 9.09. The molecular weight excluding hydrogens is 160 g/mol. The van der Waals surface area contributed by atoms with E-state index in [0.717, 1.165) is 13.0 Å². The lowest BCUT2D eigenvalue weighted by Gasteiger charge is -2.30. The van der Waals surface area contributed by atoms with Crippen molar-refractivity contribution in [1.82, 2.24) is 4.57 Å². The van der Waals surface area contributed by atoms with E-state index in [0.29, 0.717) is 0 Å². The van der Waals surface area contributed by atoms with Gasteiger partial charge in [0.05, 0.1) is 0 Å². The smallest absolute Gasteiger partial charge is 0.0400 e.